The molecule has 2 atom stereocenters. The first-order valence-electron chi connectivity index (χ1n) is 9.19. The Labute approximate surface area is 139 Å². The third-order valence-electron chi connectivity index (χ3n) is 5.70. The maximum Gasteiger partial charge on any atom is 0.0623 e. The van der Waals surface area contributed by atoms with Gasteiger partial charge >= 0.3 is 0 Å². The van der Waals surface area contributed by atoms with Crippen molar-refractivity contribution in [2.45, 2.75) is 31.5 Å². The van der Waals surface area contributed by atoms with E-state index in [4.69, 9.17) is 4.74 Å². The Hall–Kier alpha value is -0.940. The molecule has 126 valence electrons. The van der Waals surface area contributed by atoms with Crippen LogP contribution < -0.4 is 5.32 Å². The fraction of sp³-hybridized carbons (Fsp3) is 0.684. The van der Waals surface area contributed by atoms with Crippen molar-refractivity contribution in [1.82, 2.24) is 15.1 Å². The monoisotopic (exact) mass is 315 g/mol. The number of nitrogens with one attached hydrogen (secondary N) is 1. The van der Waals surface area contributed by atoms with Crippen LogP contribution in [0.25, 0.3) is 0 Å². The van der Waals surface area contributed by atoms with Gasteiger partial charge in [-0.1, -0.05) is 30.3 Å². The highest BCUT2D eigenvalue weighted by molar-refractivity contribution is 5.15. The van der Waals surface area contributed by atoms with Gasteiger partial charge in [0.1, 0.15) is 0 Å². The van der Waals surface area contributed by atoms with Crippen molar-refractivity contribution < 1.29 is 4.74 Å². The average molecular weight is 315 g/mol. The number of hydrogen-bond donors (Lipinski definition) is 1. The smallest absolute Gasteiger partial charge is 0.0623 e. The van der Waals surface area contributed by atoms with E-state index in [0.29, 0.717) is 12.1 Å². The number of fused-ring (bicyclic) bond motifs is 2. The summed E-state index contributed by atoms with van der Waals surface area (Å²) in [5.74, 6) is 0.846. The molecule has 2 bridgehead atoms. The Morgan fingerprint density at radius 2 is 1.70 bits per heavy atom. The second kappa shape index (κ2) is 7.31. The van der Waals surface area contributed by atoms with Crippen LogP contribution in [0.15, 0.2) is 30.3 Å². The number of rotatable bonds is 4. The zero-order valence-electron chi connectivity index (χ0n) is 14.0. The second-order valence-electron chi connectivity index (χ2n) is 7.39. The normalized spacial score (nSPS) is 32.8. The fourth-order valence-corrected chi connectivity index (χ4v) is 4.56. The third kappa shape index (κ3) is 3.77. The van der Waals surface area contributed by atoms with Crippen LogP contribution in [0.5, 0.6) is 0 Å². The summed E-state index contributed by atoms with van der Waals surface area (Å²) < 4.78 is 5.88. The Morgan fingerprint density at radius 1 is 1.00 bits per heavy atom. The van der Waals surface area contributed by atoms with Crippen LogP contribution in [0.2, 0.25) is 0 Å². The minimum Gasteiger partial charge on any atom is -0.378 e. The zero-order valence-corrected chi connectivity index (χ0v) is 14.0. The summed E-state index contributed by atoms with van der Waals surface area (Å²) >= 11 is 0. The van der Waals surface area contributed by atoms with Crippen LogP contribution in [0.1, 0.15) is 18.4 Å². The number of hydrogen-bond acceptors (Lipinski definition) is 4. The topological polar surface area (TPSA) is 27.7 Å². The van der Waals surface area contributed by atoms with Gasteiger partial charge in [0, 0.05) is 51.4 Å². The van der Waals surface area contributed by atoms with E-state index < -0.39 is 0 Å². The Morgan fingerprint density at radius 3 is 2.39 bits per heavy atom. The molecule has 0 amide bonds. The number of piperidine rings is 1. The van der Waals surface area contributed by atoms with Crippen molar-refractivity contribution in [2.75, 3.05) is 45.9 Å². The molecule has 3 heterocycles. The molecule has 1 aromatic carbocycles. The number of nitrogens with zero attached hydrogens (tertiary/aromatic N) is 2. The van der Waals surface area contributed by atoms with Gasteiger partial charge in [0.05, 0.1) is 13.2 Å². The highest BCUT2D eigenvalue weighted by Crippen LogP contribution is 2.33. The molecule has 3 saturated heterocycles. The van der Waals surface area contributed by atoms with Crippen LogP contribution >= 0.6 is 0 Å². The molecule has 3 fully saturated rings. The van der Waals surface area contributed by atoms with Gasteiger partial charge in [-0.3, -0.25) is 4.90 Å². The minimum absolute atomic E-state index is 0.607. The lowest BCUT2D eigenvalue weighted by atomic mass is 9.84. The second-order valence-corrected chi connectivity index (χ2v) is 7.39. The molecular formula is C19H29N3O. The summed E-state index contributed by atoms with van der Waals surface area (Å²) in [6.45, 7) is 8.95. The molecule has 23 heavy (non-hydrogen) atoms. The minimum atomic E-state index is 0.607. The largest absolute Gasteiger partial charge is 0.378 e. The maximum atomic E-state index is 5.88. The summed E-state index contributed by atoms with van der Waals surface area (Å²) in [6, 6.07) is 12.1. The number of benzene rings is 1. The average Bonchev–Trinajstić information content (AvgIpc) is 2.57. The van der Waals surface area contributed by atoms with Crippen LogP contribution in [0.3, 0.4) is 0 Å². The third-order valence-corrected chi connectivity index (χ3v) is 5.70. The molecule has 1 N–H and O–H groups in total. The van der Waals surface area contributed by atoms with Gasteiger partial charge in [-0.2, -0.15) is 0 Å². The summed E-state index contributed by atoms with van der Waals surface area (Å²) in [5.41, 5.74) is 1.44. The molecule has 0 spiro atoms. The molecule has 4 rings (SSSR count). The standard InChI is InChI=1S/C19H29N3O/c1-2-4-16(5-3-1)13-22-18-10-17(11-19(22)15-23-14-18)12-21-8-6-20-7-9-21/h1-5,17-20H,6-15H2. The first-order chi connectivity index (χ1) is 11.4. The molecule has 0 radical (unpaired) electrons. The maximum absolute atomic E-state index is 5.88. The summed E-state index contributed by atoms with van der Waals surface area (Å²) in [6.07, 6.45) is 2.60. The van der Waals surface area contributed by atoms with E-state index in [1.165, 1.54) is 38.0 Å². The molecule has 2 unspecified atom stereocenters. The first-order valence-corrected chi connectivity index (χ1v) is 9.19. The first kappa shape index (κ1) is 15.6. The van der Waals surface area contributed by atoms with E-state index in [2.05, 4.69) is 45.4 Å². The van der Waals surface area contributed by atoms with Crippen LogP contribution in [-0.4, -0.2) is 67.8 Å². The molecular weight excluding hydrogens is 286 g/mol. The van der Waals surface area contributed by atoms with Crippen LogP contribution in [-0.2, 0) is 11.3 Å². The Balaban J connectivity index is 1.38. The Kier molecular flexibility index (Phi) is 4.95. The highest BCUT2D eigenvalue weighted by Gasteiger charge is 2.39. The summed E-state index contributed by atoms with van der Waals surface area (Å²) in [4.78, 5) is 5.37. The van der Waals surface area contributed by atoms with Crippen LogP contribution in [0, 0.1) is 5.92 Å². The van der Waals surface area contributed by atoms with Crippen molar-refractivity contribution in [3.05, 3.63) is 35.9 Å². The SMILES string of the molecule is c1ccc(CN2C3COCC2CC(CN2CCNCC2)C3)cc1. The van der Waals surface area contributed by atoms with E-state index >= 15 is 0 Å². The highest BCUT2D eigenvalue weighted by atomic mass is 16.5. The lowest BCUT2D eigenvalue weighted by molar-refractivity contribution is -0.0948. The Bertz CT molecular complexity index is 475. The van der Waals surface area contributed by atoms with Crippen LogP contribution in [0.4, 0.5) is 0 Å². The van der Waals surface area contributed by atoms with Crippen molar-refractivity contribution in [1.29, 1.82) is 0 Å². The molecule has 3 aliphatic heterocycles. The molecule has 0 aromatic heterocycles. The molecule has 4 heteroatoms. The van der Waals surface area contributed by atoms with E-state index in [1.807, 2.05) is 0 Å². The van der Waals surface area contributed by atoms with Gasteiger partial charge in [0.2, 0.25) is 0 Å². The molecule has 0 saturated carbocycles. The number of morpholine rings is 1. The van der Waals surface area contributed by atoms with E-state index in [-0.39, 0.29) is 0 Å². The van der Waals surface area contributed by atoms with E-state index in [0.717, 1.165) is 38.8 Å². The predicted molar refractivity (Wildman–Crippen MR) is 92.4 cm³/mol. The van der Waals surface area contributed by atoms with E-state index in [1.54, 1.807) is 0 Å². The van der Waals surface area contributed by atoms with Crippen molar-refractivity contribution >= 4 is 0 Å². The molecule has 4 nitrogen and oxygen atoms in total. The lowest BCUT2D eigenvalue weighted by Crippen LogP contribution is -2.58. The van der Waals surface area contributed by atoms with E-state index in [9.17, 15) is 0 Å². The van der Waals surface area contributed by atoms with Crippen molar-refractivity contribution in [3.63, 3.8) is 0 Å². The number of piperazine rings is 1. The lowest BCUT2D eigenvalue weighted by Gasteiger charge is -2.49. The van der Waals surface area contributed by atoms with Gasteiger partial charge in [0.15, 0.2) is 0 Å². The van der Waals surface area contributed by atoms with Gasteiger partial charge < -0.3 is 15.0 Å². The van der Waals surface area contributed by atoms with Gasteiger partial charge in [0.25, 0.3) is 0 Å². The number of ether oxygens (including phenoxy) is 1. The summed E-state index contributed by atoms with van der Waals surface area (Å²) in [5, 5.41) is 3.46. The fourth-order valence-electron chi connectivity index (χ4n) is 4.56. The van der Waals surface area contributed by atoms with Gasteiger partial charge in [-0.15, -0.1) is 0 Å². The van der Waals surface area contributed by atoms with Crippen molar-refractivity contribution in [3.8, 4) is 0 Å². The molecule has 1 aromatic rings. The zero-order chi connectivity index (χ0) is 15.5. The summed E-state index contributed by atoms with van der Waals surface area (Å²) in [7, 11) is 0. The predicted octanol–water partition coefficient (Wildman–Crippen LogP) is 1.57. The van der Waals surface area contributed by atoms with Gasteiger partial charge in [-0.25, -0.2) is 0 Å². The molecule has 3 aliphatic rings. The van der Waals surface area contributed by atoms with Gasteiger partial charge in [-0.05, 0) is 24.3 Å². The quantitative estimate of drug-likeness (QED) is 0.913. The van der Waals surface area contributed by atoms with Crippen molar-refractivity contribution in [2.24, 2.45) is 5.92 Å². The molecule has 0 aliphatic carbocycles.